The highest BCUT2D eigenvalue weighted by Gasteiger charge is 2.18. The molecule has 6 nitrogen and oxygen atoms in total. The molecule has 1 aliphatic heterocycles. The molecule has 1 fully saturated rings. The van der Waals surface area contributed by atoms with E-state index in [1.54, 1.807) is 47.4 Å². The number of benzene rings is 2. The van der Waals surface area contributed by atoms with Crippen molar-refractivity contribution in [1.29, 1.82) is 0 Å². The summed E-state index contributed by atoms with van der Waals surface area (Å²) in [6, 6.07) is 11.9. The molecule has 8 heteroatoms. The van der Waals surface area contributed by atoms with Gasteiger partial charge in [-0.25, -0.2) is 0 Å². The van der Waals surface area contributed by atoms with Crippen LogP contribution in [0.3, 0.4) is 0 Å². The molecular weight excluding hydrogens is 389 g/mol. The highest BCUT2D eigenvalue weighted by atomic mass is 35.5. The van der Waals surface area contributed by atoms with Gasteiger partial charge >= 0.3 is 0 Å². The molecule has 2 aromatic rings. The molecule has 142 valence electrons. The number of ether oxygens (including phenoxy) is 1. The third-order valence-corrected chi connectivity index (χ3v) is 4.83. The zero-order valence-corrected chi connectivity index (χ0v) is 16.0. The third-order valence-electron chi connectivity index (χ3n) is 4.09. The lowest BCUT2D eigenvalue weighted by Crippen LogP contribution is -2.40. The summed E-state index contributed by atoms with van der Waals surface area (Å²) < 4.78 is 5.25. The molecule has 1 saturated heterocycles. The van der Waals surface area contributed by atoms with E-state index in [9.17, 15) is 9.59 Å². The lowest BCUT2D eigenvalue weighted by Gasteiger charge is -2.26. The summed E-state index contributed by atoms with van der Waals surface area (Å²) in [5, 5.41) is 6.63. The fraction of sp³-hybridized carbons (Fsp3) is 0.263. The Kier molecular flexibility index (Phi) is 6.55. The molecule has 0 spiro atoms. The van der Waals surface area contributed by atoms with Gasteiger partial charge in [0.15, 0.2) is 0 Å². The van der Waals surface area contributed by atoms with Gasteiger partial charge in [0, 0.05) is 30.0 Å². The third kappa shape index (κ3) is 5.35. The smallest absolute Gasteiger partial charge is 0.254 e. The number of nitrogens with zero attached hydrogens (tertiary/aromatic N) is 1. The van der Waals surface area contributed by atoms with Crippen LogP contribution in [0.4, 0.5) is 11.4 Å². The van der Waals surface area contributed by atoms with Crippen LogP contribution in [-0.2, 0) is 9.53 Å². The first kappa shape index (κ1) is 19.5. The first-order valence-electron chi connectivity index (χ1n) is 8.49. The van der Waals surface area contributed by atoms with Crippen LogP contribution in [0.1, 0.15) is 10.4 Å². The second-order valence-electron chi connectivity index (χ2n) is 6.01. The van der Waals surface area contributed by atoms with Crippen LogP contribution in [0.5, 0.6) is 0 Å². The number of nitrogens with one attached hydrogen (secondary N) is 2. The minimum atomic E-state index is -0.215. The fourth-order valence-electron chi connectivity index (χ4n) is 2.64. The molecule has 0 aliphatic carbocycles. The summed E-state index contributed by atoms with van der Waals surface area (Å²) in [6.07, 6.45) is 0. The predicted octanol–water partition coefficient (Wildman–Crippen LogP) is 3.52. The SMILES string of the molecule is O=C(CNc1ccc(Cl)c(Cl)c1)Nc1ccc(C(=O)N2CCOCC2)cc1. The Morgan fingerprint density at radius 1 is 0.963 bits per heavy atom. The van der Waals surface area contributed by atoms with E-state index >= 15 is 0 Å². The van der Waals surface area contributed by atoms with Crippen LogP contribution in [0.15, 0.2) is 42.5 Å². The minimum absolute atomic E-state index is 0.0301. The van der Waals surface area contributed by atoms with E-state index in [2.05, 4.69) is 10.6 Å². The van der Waals surface area contributed by atoms with E-state index < -0.39 is 0 Å². The van der Waals surface area contributed by atoms with Crippen molar-refractivity contribution in [3.63, 3.8) is 0 Å². The second-order valence-corrected chi connectivity index (χ2v) is 6.83. The number of hydrogen-bond donors (Lipinski definition) is 2. The molecule has 27 heavy (non-hydrogen) atoms. The number of anilines is 2. The van der Waals surface area contributed by atoms with E-state index in [-0.39, 0.29) is 18.4 Å². The van der Waals surface area contributed by atoms with E-state index in [0.29, 0.717) is 53.3 Å². The molecule has 1 heterocycles. The zero-order valence-electron chi connectivity index (χ0n) is 14.5. The molecule has 0 bridgehead atoms. The first-order valence-corrected chi connectivity index (χ1v) is 9.24. The molecule has 0 radical (unpaired) electrons. The van der Waals surface area contributed by atoms with Gasteiger partial charge in [0.1, 0.15) is 0 Å². The van der Waals surface area contributed by atoms with Gasteiger partial charge in [-0.2, -0.15) is 0 Å². The van der Waals surface area contributed by atoms with Gasteiger partial charge in [0.2, 0.25) is 5.91 Å². The molecular formula is C19H19Cl2N3O3. The topological polar surface area (TPSA) is 70.7 Å². The quantitative estimate of drug-likeness (QED) is 0.795. The first-order chi connectivity index (χ1) is 13.0. The molecule has 0 saturated carbocycles. The van der Waals surface area contributed by atoms with E-state index in [1.165, 1.54) is 0 Å². The molecule has 2 N–H and O–H groups in total. The van der Waals surface area contributed by atoms with Crippen molar-refractivity contribution in [3.05, 3.63) is 58.1 Å². The number of amides is 2. The molecule has 2 aromatic carbocycles. The van der Waals surface area contributed by atoms with Gasteiger partial charge in [0.05, 0.1) is 29.8 Å². The van der Waals surface area contributed by atoms with Crippen LogP contribution in [0.25, 0.3) is 0 Å². The van der Waals surface area contributed by atoms with Crippen molar-refractivity contribution < 1.29 is 14.3 Å². The number of morpholine rings is 1. The second kappa shape index (κ2) is 9.08. The van der Waals surface area contributed by atoms with E-state index in [1.807, 2.05) is 0 Å². The molecule has 3 rings (SSSR count). The number of carbonyl (C=O) groups is 2. The number of rotatable bonds is 5. The minimum Gasteiger partial charge on any atom is -0.378 e. The van der Waals surface area contributed by atoms with Crippen LogP contribution >= 0.6 is 23.2 Å². The monoisotopic (exact) mass is 407 g/mol. The standard InChI is InChI=1S/C19H19Cl2N3O3/c20-16-6-5-15(11-17(16)21)22-12-18(25)23-14-3-1-13(2-4-14)19(26)24-7-9-27-10-8-24/h1-6,11,22H,7-10,12H2,(H,23,25). The Bertz CT molecular complexity index is 821. The number of carbonyl (C=O) groups excluding carboxylic acids is 2. The summed E-state index contributed by atoms with van der Waals surface area (Å²) in [6.45, 7) is 2.39. The van der Waals surface area contributed by atoms with Crippen LogP contribution in [0, 0.1) is 0 Å². The van der Waals surface area contributed by atoms with Crippen molar-refractivity contribution in [3.8, 4) is 0 Å². The maximum Gasteiger partial charge on any atom is 0.254 e. The normalized spacial score (nSPS) is 13.9. The zero-order chi connectivity index (χ0) is 19.2. The van der Waals surface area contributed by atoms with Gasteiger partial charge in [-0.1, -0.05) is 23.2 Å². The molecule has 0 aromatic heterocycles. The van der Waals surface area contributed by atoms with Gasteiger partial charge in [-0.05, 0) is 42.5 Å². The summed E-state index contributed by atoms with van der Waals surface area (Å²) in [4.78, 5) is 26.2. The highest BCUT2D eigenvalue weighted by Crippen LogP contribution is 2.24. The highest BCUT2D eigenvalue weighted by molar-refractivity contribution is 6.42. The summed E-state index contributed by atoms with van der Waals surface area (Å²) >= 11 is 11.8. The van der Waals surface area contributed by atoms with E-state index in [0.717, 1.165) is 0 Å². The van der Waals surface area contributed by atoms with Gasteiger partial charge in [-0.15, -0.1) is 0 Å². The van der Waals surface area contributed by atoms with Crippen molar-refractivity contribution in [2.75, 3.05) is 43.5 Å². The maximum atomic E-state index is 12.4. The fourth-order valence-corrected chi connectivity index (χ4v) is 2.94. The average molecular weight is 408 g/mol. The molecule has 0 atom stereocenters. The van der Waals surface area contributed by atoms with Gasteiger partial charge in [0.25, 0.3) is 5.91 Å². The van der Waals surface area contributed by atoms with Crippen LogP contribution in [-0.4, -0.2) is 49.6 Å². The summed E-state index contributed by atoms with van der Waals surface area (Å²) in [5.41, 5.74) is 1.91. The summed E-state index contributed by atoms with van der Waals surface area (Å²) in [7, 11) is 0. The van der Waals surface area contributed by atoms with Crippen molar-refractivity contribution >= 4 is 46.4 Å². The van der Waals surface area contributed by atoms with E-state index in [4.69, 9.17) is 27.9 Å². The average Bonchev–Trinajstić information content (AvgIpc) is 2.69. The lowest BCUT2D eigenvalue weighted by atomic mass is 10.1. The van der Waals surface area contributed by atoms with Crippen molar-refractivity contribution in [2.24, 2.45) is 0 Å². The Morgan fingerprint density at radius 2 is 1.63 bits per heavy atom. The molecule has 1 aliphatic rings. The predicted molar refractivity (Wildman–Crippen MR) is 107 cm³/mol. The Morgan fingerprint density at radius 3 is 2.30 bits per heavy atom. The van der Waals surface area contributed by atoms with Crippen molar-refractivity contribution in [1.82, 2.24) is 4.90 Å². The van der Waals surface area contributed by atoms with Crippen molar-refractivity contribution in [2.45, 2.75) is 0 Å². The summed E-state index contributed by atoms with van der Waals surface area (Å²) in [5.74, 6) is -0.245. The Balaban J connectivity index is 1.52. The molecule has 0 unspecified atom stereocenters. The number of halogens is 2. The maximum absolute atomic E-state index is 12.4. The number of hydrogen-bond acceptors (Lipinski definition) is 4. The Labute approximate surface area is 167 Å². The largest absolute Gasteiger partial charge is 0.378 e. The van der Waals surface area contributed by atoms with Crippen LogP contribution < -0.4 is 10.6 Å². The van der Waals surface area contributed by atoms with Gasteiger partial charge < -0.3 is 20.3 Å². The van der Waals surface area contributed by atoms with Crippen LogP contribution in [0.2, 0.25) is 10.0 Å². The Hall–Kier alpha value is -2.28. The molecule has 2 amide bonds. The van der Waals surface area contributed by atoms with Gasteiger partial charge in [-0.3, -0.25) is 9.59 Å². The lowest BCUT2D eigenvalue weighted by molar-refractivity contribution is -0.114.